The van der Waals surface area contributed by atoms with E-state index in [-0.39, 0.29) is 12.6 Å². The second-order valence-corrected chi connectivity index (χ2v) is 6.44. The molecule has 0 unspecified atom stereocenters. The van der Waals surface area contributed by atoms with Crippen LogP contribution in [0.5, 0.6) is 11.5 Å². The van der Waals surface area contributed by atoms with E-state index >= 15 is 0 Å². The lowest BCUT2D eigenvalue weighted by Gasteiger charge is -2.22. The smallest absolute Gasteiger partial charge is 0.255 e. The molecule has 2 aromatic rings. The monoisotopic (exact) mass is 359 g/mol. The number of primary amides is 1. The van der Waals surface area contributed by atoms with Crippen LogP contribution in [0.4, 0.5) is 0 Å². The molecule has 1 aliphatic rings. The number of aryl methyl sites for hydroxylation is 1. The third-order valence-electron chi connectivity index (χ3n) is 4.62. The van der Waals surface area contributed by atoms with Crippen molar-refractivity contribution < 1.29 is 18.8 Å². The van der Waals surface area contributed by atoms with Crippen LogP contribution >= 0.6 is 0 Å². The molecule has 0 aliphatic carbocycles. The predicted octanol–water partition coefficient (Wildman–Crippen LogP) is 2.45. The van der Waals surface area contributed by atoms with Gasteiger partial charge >= 0.3 is 0 Å². The molecule has 7 heteroatoms. The highest BCUT2D eigenvalue weighted by atomic mass is 16.5. The summed E-state index contributed by atoms with van der Waals surface area (Å²) in [6.07, 6.45) is 3.07. The molecular formula is C19H25N3O4. The summed E-state index contributed by atoms with van der Waals surface area (Å²) in [5.41, 5.74) is 7.22. The van der Waals surface area contributed by atoms with E-state index in [0.717, 1.165) is 49.4 Å². The first-order valence-corrected chi connectivity index (χ1v) is 8.88. The van der Waals surface area contributed by atoms with E-state index < -0.39 is 5.91 Å². The molecule has 0 saturated carbocycles. The number of nitrogens with zero attached hydrogens (tertiary/aromatic N) is 2. The lowest BCUT2D eigenvalue weighted by molar-refractivity contribution is -0.119. The number of carbonyl (C=O) groups excluding carboxylic acids is 1. The molecule has 7 nitrogen and oxygen atoms in total. The number of hydrogen-bond donors (Lipinski definition) is 1. The summed E-state index contributed by atoms with van der Waals surface area (Å²) in [6, 6.07) is 8.03. The van der Waals surface area contributed by atoms with Crippen molar-refractivity contribution in [2.24, 2.45) is 5.73 Å². The topological polar surface area (TPSA) is 90.8 Å². The lowest BCUT2D eigenvalue weighted by Crippen LogP contribution is -2.22. The number of amides is 1. The van der Waals surface area contributed by atoms with Crippen molar-refractivity contribution in [2.75, 3.05) is 20.3 Å². The molecule has 1 aromatic heterocycles. The average Bonchev–Trinajstić information content (AvgIpc) is 3.29. The number of ether oxygens (including phenoxy) is 2. The van der Waals surface area contributed by atoms with Gasteiger partial charge in [-0.15, -0.1) is 0 Å². The molecule has 1 atom stereocenters. The zero-order valence-electron chi connectivity index (χ0n) is 15.2. The predicted molar refractivity (Wildman–Crippen MR) is 95.9 cm³/mol. The van der Waals surface area contributed by atoms with Crippen LogP contribution in [0.25, 0.3) is 0 Å². The van der Waals surface area contributed by atoms with Gasteiger partial charge in [0.15, 0.2) is 23.9 Å². The maximum Gasteiger partial charge on any atom is 0.255 e. The summed E-state index contributed by atoms with van der Waals surface area (Å²) in [7, 11) is 1.58. The van der Waals surface area contributed by atoms with E-state index in [4.69, 9.17) is 19.7 Å². The van der Waals surface area contributed by atoms with Crippen molar-refractivity contribution >= 4 is 5.91 Å². The fourth-order valence-electron chi connectivity index (χ4n) is 3.30. The molecule has 2 N–H and O–H groups in total. The molecule has 1 fully saturated rings. The second-order valence-electron chi connectivity index (χ2n) is 6.44. The Hall–Kier alpha value is -2.54. The van der Waals surface area contributed by atoms with Gasteiger partial charge in [0.05, 0.1) is 18.8 Å². The Kier molecular flexibility index (Phi) is 5.78. The number of methoxy groups -OCH3 is 1. The normalized spacial score (nSPS) is 17.4. The standard InChI is InChI=1S/C19H25N3O4/c1-3-14-10-17(26-21-14)15-5-4-8-22(15)11-13-6-7-16(18(9-13)24-2)25-12-19(20)23/h6-7,9-10,15H,3-5,8,11-12H2,1-2H3,(H2,20,23)/t15-/m1/s1. The largest absolute Gasteiger partial charge is 0.493 e. The van der Waals surface area contributed by atoms with Crippen LogP contribution in [0.3, 0.4) is 0 Å². The van der Waals surface area contributed by atoms with Crippen molar-refractivity contribution in [3.8, 4) is 11.5 Å². The first-order valence-electron chi connectivity index (χ1n) is 8.88. The van der Waals surface area contributed by atoms with Gasteiger partial charge in [-0.25, -0.2) is 0 Å². The molecule has 1 amide bonds. The summed E-state index contributed by atoms with van der Waals surface area (Å²) >= 11 is 0. The minimum absolute atomic E-state index is 0.171. The summed E-state index contributed by atoms with van der Waals surface area (Å²) in [6.45, 7) is 3.69. The molecule has 1 aliphatic heterocycles. The zero-order chi connectivity index (χ0) is 18.5. The second kappa shape index (κ2) is 8.23. The fourth-order valence-corrected chi connectivity index (χ4v) is 3.30. The maximum absolute atomic E-state index is 10.9. The highest BCUT2D eigenvalue weighted by molar-refractivity contribution is 5.75. The molecule has 0 spiro atoms. The molecular weight excluding hydrogens is 334 g/mol. The number of hydrogen-bond acceptors (Lipinski definition) is 6. The van der Waals surface area contributed by atoms with E-state index in [9.17, 15) is 4.79 Å². The molecule has 3 rings (SSSR count). The Bertz CT molecular complexity index is 759. The highest BCUT2D eigenvalue weighted by Crippen LogP contribution is 2.35. The molecule has 0 radical (unpaired) electrons. The Morgan fingerprint density at radius 1 is 1.38 bits per heavy atom. The Balaban J connectivity index is 1.71. The number of benzene rings is 1. The van der Waals surface area contributed by atoms with Crippen molar-refractivity contribution in [2.45, 2.75) is 38.8 Å². The van der Waals surface area contributed by atoms with Gasteiger partial charge in [-0.05, 0) is 43.5 Å². The Morgan fingerprint density at radius 3 is 2.92 bits per heavy atom. The summed E-state index contributed by atoms with van der Waals surface area (Å²) in [4.78, 5) is 13.3. The molecule has 1 aromatic carbocycles. The molecule has 0 bridgehead atoms. The quantitative estimate of drug-likeness (QED) is 0.778. The number of carbonyl (C=O) groups is 1. The van der Waals surface area contributed by atoms with Gasteiger partial charge in [-0.2, -0.15) is 0 Å². The molecule has 140 valence electrons. The minimum Gasteiger partial charge on any atom is -0.493 e. The van der Waals surface area contributed by atoms with E-state index in [1.165, 1.54) is 0 Å². The van der Waals surface area contributed by atoms with Crippen LogP contribution in [-0.4, -0.2) is 36.2 Å². The molecule has 26 heavy (non-hydrogen) atoms. The van der Waals surface area contributed by atoms with Crippen LogP contribution in [0, 0.1) is 0 Å². The number of likely N-dealkylation sites (tertiary alicyclic amines) is 1. The third kappa shape index (κ3) is 4.16. The van der Waals surface area contributed by atoms with E-state index in [1.54, 1.807) is 7.11 Å². The molecule has 1 saturated heterocycles. The van der Waals surface area contributed by atoms with Crippen LogP contribution in [0.1, 0.15) is 42.8 Å². The number of nitrogens with two attached hydrogens (primary N) is 1. The zero-order valence-corrected chi connectivity index (χ0v) is 15.2. The van der Waals surface area contributed by atoms with Gasteiger partial charge in [-0.3, -0.25) is 9.69 Å². The van der Waals surface area contributed by atoms with Crippen LogP contribution in [-0.2, 0) is 17.8 Å². The maximum atomic E-state index is 10.9. The first-order chi connectivity index (χ1) is 12.6. The highest BCUT2D eigenvalue weighted by Gasteiger charge is 2.29. The van der Waals surface area contributed by atoms with E-state index in [2.05, 4.69) is 23.0 Å². The van der Waals surface area contributed by atoms with Gasteiger partial charge in [0.2, 0.25) is 0 Å². The third-order valence-corrected chi connectivity index (χ3v) is 4.62. The van der Waals surface area contributed by atoms with Gasteiger partial charge in [0.25, 0.3) is 5.91 Å². The van der Waals surface area contributed by atoms with Crippen molar-refractivity contribution in [1.82, 2.24) is 10.1 Å². The van der Waals surface area contributed by atoms with E-state index in [0.29, 0.717) is 11.5 Å². The van der Waals surface area contributed by atoms with Crippen LogP contribution in [0.2, 0.25) is 0 Å². The van der Waals surface area contributed by atoms with Gasteiger partial charge < -0.3 is 19.7 Å². The van der Waals surface area contributed by atoms with Crippen molar-refractivity contribution in [3.05, 3.63) is 41.3 Å². The van der Waals surface area contributed by atoms with Crippen LogP contribution < -0.4 is 15.2 Å². The first kappa shape index (κ1) is 18.3. The minimum atomic E-state index is -0.519. The SMILES string of the molecule is CCc1cc([C@H]2CCCN2Cc2ccc(OCC(N)=O)c(OC)c2)on1. The average molecular weight is 359 g/mol. The number of aromatic nitrogens is 1. The molecule has 2 heterocycles. The van der Waals surface area contributed by atoms with Gasteiger partial charge in [-0.1, -0.05) is 18.1 Å². The Morgan fingerprint density at radius 2 is 2.23 bits per heavy atom. The van der Waals surface area contributed by atoms with Crippen molar-refractivity contribution in [3.63, 3.8) is 0 Å². The summed E-state index contributed by atoms with van der Waals surface area (Å²) < 4.78 is 16.3. The fraction of sp³-hybridized carbons (Fsp3) is 0.474. The van der Waals surface area contributed by atoms with E-state index in [1.807, 2.05) is 18.2 Å². The number of rotatable bonds is 8. The summed E-state index contributed by atoms with van der Waals surface area (Å²) in [5.74, 6) is 1.52. The van der Waals surface area contributed by atoms with Crippen LogP contribution in [0.15, 0.2) is 28.8 Å². The summed E-state index contributed by atoms with van der Waals surface area (Å²) in [5, 5.41) is 4.12. The van der Waals surface area contributed by atoms with Gasteiger partial charge in [0.1, 0.15) is 0 Å². The Labute approximate surface area is 153 Å². The lowest BCUT2D eigenvalue weighted by atomic mass is 10.1. The van der Waals surface area contributed by atoms with Crippen molar-refractivity contribution in [1.29, 1.82) is 0 Å². The van der Waals surface area contributed by atoms with Gasteiger partial charge in [0, 0.05) is 12.6 Å².